The number of halogens is 1. The van der Waals surface area contributed by atoms with Crippen LogP contribution in [0.4, 0.5) is 0 Å². The molecule has 0 heterocycles. The number of nitrogens with zero attached hydrogens (tertiary/aromatic N) is 1. The molecule has 4 nitrogen and oxygen atoms in total. The summed E-state index contributed by atoms with van der Waals surface area (Å²) in [7, 11) is 0. The molecule has 7 heteroatoms. The molecule has 0 atom stereocenters. The van der Waals surface area contributed by atoms with Crippen LogP contribution in [0.1, 0.15) is 0 Å². The molecule has 0 amide bonds. The van der Waals surface area contributed by atoms with Crippen LogP contribution in [-0.2, 0) is 22.4 Å². The predicted molar refractivity (Wildman–Crippen MR) is 10.4 cm³/mol. The normalized spacial score (nSPS) is 3.43. The summed E-state index contributed by atoms with van der Waals surface area (Å²) in [5.41, 5.74) is 0. The van der Waals surface area contributed by atoms with Gasteiger partial charge in [0.1, 0.15) is 0 Å². The molecule has 0 aliphatic carbocycles. The van der Waals surface area contributed by atoms with Gasteiger partial charge in [0.05, 0.1) is 5.09 Å². The van der Waals surface area contributed by atoms with E-state index in [1.807, 2.05) is 0 Å². The van der Waals surface area contributed by atoms with E-state index < -0.39 is 5.09 Å². The Labute approximate surface area is 109 Å². The van der Waals surface area contributed by atoms with E-state index in [-0.39, 0.29) is 90.7 Å². The summed E-state index contributed by atoms with van der Waals surface area (Å²) in [6, 6.07) is 0. The first kappa shape index (κ1) is 23.0. The Kier molecular flexibility index (Phi) is 51.5. The Morgan fingerprint density at radius 1 is 1.29 bits per heavy atom. The molecule has 0 aliphatic heterocycles. The Hall–Kier alpha value is 2.06. The zero-order chi connectivity index (χ0) is 3.58. The standard InChI is InChI=1S/Ag.BrH.K.NO3/c;;;2-1(3)4/h;1H;;/q+1;;+1;-1/p-1. The van der Waals surface area contributed by atoms with Crippen molar-refractivity contribution in [3.63, 3.8) is 0 Å². The smallest absolute Gasteiger partial charge is 1.00 e. The average Bonchev–Trinajstić information content (AvgIpc) is 0.811. The van der Waals surface area contributed by atoms with Crippen molar-refractivity contribution < 1.29 is 95.8 Å². The number of hydrogen-bond acceptors (Lipinski definition) is 3. The van der Waals surface area contributed by atoms with Crippen LogP contribution in [0.5, 0.6) is 0 Å². The van der Waals surface area contributed by atoms with E-state index in [9.17, 15) is 0 Å². The third-order valence-corrected chi connectivity index (χ3v) is 0. The van der Waals surface area contributed by atoms with E-state index in [1.165, 1.54) is 0 Å². The van der Waals surface area contributed by atoms with Gasteiger partial charge in [0.2, 0.25) is 0 Å². The molecule has 0 saturated carbocycles. The summed E-state index contributed by atoms with van der Waals surface area (Å²) in [6.45, 7) is 0. The van der Waals surface area contributed by atoms with Crippen LogP contribution in [0, 0.1) is 15.3 Å². The second-order valence-corrected chi connectivity index (χ2v) is 0.224. The largest absolute Gasteiger partial charge is 1.00 e. The maximum atomic E-state index is 8.25. The average molecular weight is 289 g/mol. The monoisotopic (exact) mass is 287 g/mol. The summed E-state index contributed by atoms with van der Waals surface area (Å²) < 4.78 is 0. The van der Waals surface area contributed by atoms with Crippen molar-refractivity contribution in [2.75, 3.05) is 0 Å². The van der Waals surface area contributed by atoms with Crippen LogP contribution in [0.3, 0.4) is 0 Å². The zero-order valence-electron chi connectivity index (χ0n) is 3.35. The molecule has 0 aliphatic rings. The molecule has 0 aromatic carbocycles. The number of hydrogen-bond donors (Lipinski definition) is 0. The summed E-state index contributed by atoms with van der Waals surface area (Å²) >= 11 is 0. The van der Waals surface area contributed by atoms with Gasteiger partial charge in [0.25, 0.3) is 0 Å². The minimum absolute atomic E-state index is 0. The molecule has 0 spiro atoms. The summed E-state index contributed by atoms with van der Waals surface area (Å²) in [5, 5.41) is 14.8. The quantitative estimate of drug-likeness (QED) is 0.253. The van der Waals surface area contributed by atoms with Gasteiger partial charge in [-0.2, -0.15) is 0 Å². The first-order valence-corrected chi connectivity index (χ1v) is 0.548. The molecule has 0 bridgehead atoms. The minimum Gasteiger partial charge on any atom is -1.00 e. The predicted octanol–water partition coefficient (Wildman–Crippen LogP) is -6.23. The first-order valence-electron chi connectivity index (χ1n) is 0.548. The van der Waals surface area contributed by atoms with E-state index in [0.29, 0.717) is 0 Å². The van der Waals surface area contributed by atoms with Crippen molar-refractivity contribution >= 4 is 0 Å². The van der Waals surface area contributed by atoms with E-state index in [1.54, 1.807) is 0 Å². The van der Waals surface area contributed by atoms with Crippen molar-refractivity contribution in [1.29, 1.82) is 0 Å². The maximum absolute atomic E-state index is 8.25. The second-order valence-electron chi connectivity index (χ2n) is 0.224. The van der Waals surface area contributed by atoms with Crippen molar-refractivity contribution in [1.82, 2.24) is 0 Å². The van der Waals surface area contributed by atoms with Crippen molar-refractivity contribution in [3.05, 3.63) is 15.3 Å². The molecule has 0 unspecified atom stereocenters. The fourth-order valence-corrected chi connectivity index (χ4v) is 0. The summed E-state index contributed by atoms with van der Waals surface area (Å²) in [6.07, 6.45) is 0. The third-order valence-electron chi connectivity index (χ3n) is 0. The molecule has 0 N–H and O–H groups in total. The van der Waals surface area contributed by atoms with Crippen LogP contribution in [0.15, 0.2) is 0 Å². The molecule has 0 aromatic heterocycles. The molecular weight excluding hydrogens is 289 g/mol. The van der Waals surface area contributed by atoms with Crippen LogP contribution in [-0.4, -0.2) is 5.09 Å². The van der Waals surface area contributed by atoms with Crippen LogP contribution >= 0.6 is 0 Å². The van der Waals surface area contributed by atoms with Gasteiger partial charge in [-0.25, -0.2) is 0 Å². The van der Waals surface area contributed by atoms with Crippen LogP contribution in [0.25, 0.3) is 0 Å². The minimum atomic E-state index is -1.75. The summed E-state index contributed by atoms with van der Waals surface area (Å²) in [4.78, 5) is 8.25. The summed E-state index contributed by atoms with van der Waals surface area (Å²) in [5.74, 6) is 0. The molecule has 0 aromatic rings. The van der Waals surface area contributed by atoms with E-state index >= 15 is 0 Å². The SMILES string of the molecule is O=[N+]([O-])[O-].[Ag+].[Br-].[K+]. The van der Waals surface area contributed by atoms with Crippen LogP contribution < -0.4 is 68.4 Å². The molecule has 0 rings (SSSR count). The molecular formula is AgBrKNO3. The van der Waals surface area contributed by atoms with Gasteiger partial charge in [-0.05, 0) is 0 Å². The molecule has 42 valence electrons. The molecule has 7 heavy (non-hydrogen) atoms. The van der Waals surface area contributed by atoms with Gasteiger partial charge in [-0.3, -0.25) is 0 Å². The second kappa shape index (κ2) is 15.7. The Bertz CT molecular complexity index is 37.9. The van der Waals surface area contributed by atoms with Gasteiger partial charge in [-0.15, -0.1) is 0 Å². The Morgan fingerprint density at radius 2 is 1.29 bits per heavy atom. The fourth-order valence-electron chi connectivity index (χ4n) is 0. The van der Waals surface area contributed by atoms with E-state index in [4.69, 9.17) is 15.3 Å². The van der Waals surface area contributed by atoms with E-state index in [2.05, 4.69) is 0 Å². The first-order chi connectivity index (χ1) is 1.73. The zero-order valence-corrected chi connectivity index (χ0v) is 9.54. The van der Waals surface area contributed by atoms with Crippen molar-refractivity contribution in [3.8, 4) is 0 Å². The van der Waals surface area contributed by atoms with Gasteiger partial charge in [0, 0.05) is 0 Å². The van der Waals surface area contributed by atoms with Gasteiger partial charge >= 0.3 is 73.8 Å². The van der Waals surface area contributed by atoms with E-state index in [0.717, 1.165) is 0 Å². The van der Waals surface area contributed by atoms with Gasteiger partial charge < -0.3 is 32.3 Å². The molecule has 0 saturated heterocycles. The fraction of sp³-hybridized carbons (Fsp3) is 0. The van der Waals surface area contributed by atoms with Crippen molar-refractivity contribution in [2.45, 2.75) is 0 Å². The molecule has 0 fully saturated rings. The topological polar surface area (TPSA) is 66.2 Å². The van der Waals surface area contributed by atoms with Crippen LogP contribution in [0.2, 0.25) is 0 Å². The van der Waals surface area contributed by atoms with Gasteiger partial charge in [0.15, 0.2) is 0 Å². The number of rotatable bonds is 0. The molecule has 0 radical (unpaired) electrons. The van der Waals surface area contributed by atoms with Crippen molar-refractivity contribution in [2.24, 2.45) is 0 Å². The Morgan fingerprint density at radius 3 is 1.29 bits per heavy atom. The third kappa shape index (κ3) is 69.9. The maximum Gasteiger partial charge on any atom is 1.00 e. The van der Waals surface area contributed by atoms with Gasteiger partial charge in [-0.1, -0.05) is 0 Å². The Balaban J connectivity index is -0.0000000150.